The summed E-state index contributed by atoms with van der Waals surface area (Å²) in [5.41, 5.74) is -0.415. The summed E-state index contributed by atoms with van der Waals surface area (Å²) < 4.78 is 27.6. The normalized spacial score (nSPS) is 18.0. The topological polar surface area (TPSA) is 87.3 Å². The Morgan fingerprint density at radius 2 is 2.08 bits per heavy atom. The van der Waals surface area contributed by atoms with Crippen molar-refractivity contribution < 1.29 is 13.2 Å². The van der Waals surface area contributed by atoms with Gasteiger partial charge in [0.05, 0.1) is 0 Å². The maximum atomic E-state index is 12.3. The molecule has 25 heavy (non-hydrogen) atoms. The second-order valence-electron chi connectivity index (χ2n) is 7.12. The van der Waals surface area contributed by atoms with Gasteiger partial charge in [-0.1, -0.05) is 20.8 Å². The molecule has 0 radical (unpaired) electrons. The molecule has 0 aromatic carbocycles. The maximum absolute atomic E-state index is 12.3. The third kappa shape index (κ3) is 6.86. The second-order valence-corrected chi connectivity index (χ2v) is 10.3. The van der Waals surface area contributed by atoms with Gasteiger partial charge in [-0.15, -0.1) is 23.7 Å². The molecular weight excluding hydrogens is 382 g/mol. The van der Waals surface area contributed by atoms with Gasteiger partial charge in [-0.25, -0.2) is 13.1 Å². The smallest absolute Gasteiger partial charge is 0.250 e. The number of rotatable bonds is 7. The van der Waals surface area contributed by atoms with Crippen LogP contribution < -0.4 is 15.4 Å². The molecule has 1 unspecified atom stereocenters. The number of hydrogen-bond acceptors (Lipinski definition) is 5. The van der Waals surface area contributed by atoms with Crippen LogP contribution in [-0.2, 0) is 21.2 Å². The van der Waals surface area contributed by atoms with Crippen molar-refractivity contribution in [2.45, 2.75) is 50.3 Å². The van der Waals surface area contributed by atoms with E-state index in [1.807, 2.05) is 26.8 Å². The molecule has 144 valence electrons. The quantitative estimate of drug-likeness (QED) is 0.641. The van der Waals surface area contributed by atoms with Crippen molar-refractivity contribution >= 4 is 39.7 Å². The maximum Gasteiger partial charge on any atom is 0.250 e. The third-order valence-electron chi connectivity index (χ3n) is 3.92. The van der Waals surface area contributed by atoms with E-state index in [0.29, 0.717) is 23.7 Å². The molecule has 1 saturated heterocycles. The van der Waals surface area contributed by atoms with Crippen LogP contribution in [0.5, 0.6) is 0 Å². The summed E-state index contributed by atoms with van der Waals surface area (Å²) in [6.45, 7) is 7.48. The standard InChI is InChI=1S/C16H27N3O3S2.ClH/c1-16(2,3)15(20)18-10-8-13-6-7-14(23-13)24(21,22)19-11-12-5-4-9-17-12;/h6-7,12,17,19H,4-5,8-11H2,1-3H3,(H,18,20);1H. The van der Waals surface area contributed by atoms with Crippen molar-refractivity contribution in [2.75, 3.05) is 19.6 Å². The van der Waals surface area contributed by atoms with Gasteiger partial charge >= 0.3 is 0 Å². The lowest BCUT2D eigenvalue weighted by Gasteiger charge is -2.17. The minimum Gasteiger partial charge on any atom is -0.355 e. The van der Waals surface area contributed by atoms with Gasteiger partial charge in [-0.2, -0.15) is 0 Å². The Morgan fingerprint density at radius 1 is 1.36 bits per heavy atom. The highest BCUT2D eigenvalue weighted by molar-refractivity contribution is 7.91. The van der Waals surface area contributed by atoms with E-state index in [9.17, 15) is 13.2 Å². The van der Waals surface area contributed by atoms with E-state index in [-0.39, 0.29) is 24.4 Å². The summed E-state index contributed by atoms with van der Waals surface area (Å²) in [6, 6.07) is 3.68. The van der Waals surface area contributed by atoms with Crippen LogP contribution in [0.4, 0.5) is 0 Å². The molecule has 6 nitrogen and oxygen atoms in total. The Labute approximate surface area is 160 Å². The molecule has 1 fully saturated rings. The molecule has 0 bridgehead atoms. The van der Waals surface area contributed by atoms with E-state index in [4.69, 9.17) is 0 Å². The van der Waals surface area contributed by atoms with Crippen molar-refractivity contribution in [1.82, 2.24) is 15.4 Å². The highest BCUT2D eigenvalue weighted by Crippen LogP contribution is 2.22. The van der Waals surface area contributed by atoms with Crippen molar-refractivity contribution in [3.63, 3.8) is 0 Å². The Morgan fingerprint density at radius 3 is 2.68 bits per heavy atom. The van der Waals surface area contributed by atoms with Gasteiger partial charge in [0.1, 0.15) is 4.21 Å². The van der Waals surface area contributed by atoms with Crippen LogP contribution in [0.25, 0.3) is 0 Å². The number of amides is 1. The number of carbonyl (C=O) groups is 1. The fourth-order valence-corrected chi connectivity index (χ4v) is 4.90. The molecule has 3 N–H and O–H groups in total. The summed E-state index contributed by atoms with van der Waals surface area (Å²) in [5, 5.41) is 6.15. The second kappa shape index (κ2) is 9.32. The summed E-state index contributed by atoms with van der Waals surface area (Å²) in [4.78, 5) is 12.8. The molecule has 1 aromatic heterocycles. The van der Waals surface area contributed by atoms with Crippen molar-refractivity contribution in [3.8, 4) is 0 Å². The highest BCUT2D eigenvalue weighted by atomic mass is 35.5. The van der Waals surface area contributed by atoms with Gasteiger partial charge < -0.3 is 10.6 Å². The number of hydrogen-bond donors (Lipinski definition) is 3. The van der Waals surface area contributed by atoms with Gasteiger partial charge in [0.2, 0.25) is 15.9 Å². The molecular formula is C16H28ClN3O3S2. The molecule has 2 rings (SSSR count). The van der Waals surface area contributed by atoms with Crippen LogP contribution >= 0.6 is 23.7 Å². The summed E-state index contributed by atoms with van der Waals surface area (Å²) in [7, 11) is -3.45. The van der Waals surface area contributed by atoms with Crippen LogP contribution in [0.15, 0.2) is 16.3 Å². The van der Waals surface area contributed by atoms with Gasteiger partial charge in [0.15, 0.2) is 0 Å². The van der Waals surface area contributed by atoms with Gasteiger partial charge in [-0.05, 0) is 37.9 Å². The zero-order valence-electron chi connectivity index (χ0n) is 14.9. The van der Waals surface area contributed by atoms with Crippen LogP contribution in [-0.4, -0.2) is 40.0 Å². The predicted molar refractivity (Wildman–Crippen MR) is 104 cm³/mol. The van der Waals surface area contributed by atoms with Crippen molar-refractivity contribution in [2.24, 2.45) is 5.41 Å². The lowest BCUT2D eigenvalue weighted by atomic mass is 9.96. The molecule has 0 spiro atoms. The highest BCUT2D eigenvalue weighted by Gasteiger charge is 2.22. The molecule has 0 aliphatic carbocycles. The number of halogens is 1. The number of thiophene rings is 1. The average molecular weight is 410 g/mol. The molecule has 1 aliphatic rings. The Hall–Kier alpha value is -0.670. The Balaban J connectivity index is 0.00000312. The number of carbonyl (C=O) groups excluding carboxylic acids is 1. The van der Waals surface area contributed by atoms with Crippen molar-refractivity contribution in [3.05, 3.63) is 17.0 Å². The summed E-state index contributed by atoms with van der Waals surface area (Å²) in [5.74, 6) is -0.00219. The van der Waals surface area contributed by atoms with Crippen molar-refractivity contribution in [1.29, 1.82) is 0 Å². The van der Waals surface area contributed by atoms with Crippen LogP contribution in [0.2, 0.25) is 0 Å². The van der Waals surface area contributed by atoms with E-state index in [2.05, 4.69) is 15.4 Å². The minimum atomic E-state index is -3.45. The number of nitrogens with one attached hydrogen (secondary N) is 3. The first-order chi connectivity index (χ1) is 11.2. The van der Waals surface area contributed by atoms with E-state index in [1.54, 1.807) is 6.07 Å². The van der Waals surface area contributed by atoms with Gasteiger partial charge in [0, 0.05) is 29.4 Å². The third-order valence-corrected chi connectivity index (χ3v) is 6.98. The molecule has 0 saturated carbocycles. The summed E-state index contributed by atoms with van der Waals surface area (Å²) in [6.07, 6.45) is 2.73. The van der Waals surface area contributed by atoms with Gasteiger partial charge in [-0.3, -0.25) is 4.79 Å². The van der Waals surface area contributed by atoms with E-state index in [1.165, 1.54) is 11.3 Å². The van der Waals surface area contributed by atoms with Crippen LogP contribution in [0.3, 0.4) is 0 Å². The molecule has 1 atom stereocenters. The molecule has 1 amide bonds. The monoisotopic (exact) mass is 409 g/mol. The fraction of sp³-hybridized carbons (Fsp3) is 0.688. The van der Waals surface area contributed by atoms with Crippen LogP contribution in [0.1, 0.15) is 38.5 Å². The zero-order chi connectivity index (χ0) is 17.8. The minimum absolute atomic E-state index is 0. The number of sulfonamides is 1. The first-order valence-electron chi connectivity index (χ1n) is 8.28. The Kier molecular flexibility index (Phi) is 8.34. The fourth-order valence-electron chi connectivity index (χ4n) is 2.41. The van der Waals surface area contributed by atoms with E-state index in [0.717, 1.165) is 24.3 Å². The first kappa shape index (κ1) is 22.4. The first-order valence-corrected chi connectivity index (χ1v) is 10.6. The summed E-state index contributed by atoms with van der Waals surface area (Å²) >= 11 is 1.26. The molecule has 1 aromatic rings. The molecule has 1 aliphatic heterocycles. The molecule has 2 heterocycles. The molecule has 9 heteroatoms. The predicted octanol–water partition coefficient (Wildman–Crippen LogP) is 1.90. The van der Waals surface area contributed by atoms with Crippen LogP contribution in [0, 0.1) is 5.41 Å². The van der Waals surface area contributed by atoms with Gasteiger partial charge in [0.25, 0.3) is 0 Å². The average Bonchev–Trinajstić information content (AvgIpc) is 3.16. The lowest BCUT2D eigenvalue weighted by Crippen LogP contribution is -2.36. The zero-order valence-corrected chi connectivity index (χ0v) is 17.4. The van der Waals surface area contributed by atoms with E-state index < -0.39 is 15.4 Å². The van der Waals surface area contributed by atoms with E-state index >= 15 is 0 Å². The Bertz CT molecular complexity index is 662. The SMILES string of the molecule is CC(C)(C)C(=O)NCCc1ccc(S(=O)(=O)NCC2CCCN2)s1.Cl. The largest absolute Gasteiger partial charge is 0.355 e. The lowest BCUT2D eigenvalue weighted by molar-refractivity contribution is -0.128.